The fourth-order valence-electron chi connectivity index (χ4n) is 3.03. The van der Waals surface area contributed by atoms with Crippen LogP contribution in [0.1, 0.15) is 16.2 Å². The van der Waals surface area contributed by atoms with Crippen LogP contribution in [0, 0.1) is 0 Å². The molecule has 9 heteroatoms. The van der Waals surface area contributed by atoms with E-state index in [0.717, 1.165) is 5.39 Å². The second kappa shape index (κ2) is 7.73. The summed E-state index contributed by atoms with van der Waals surface area (Å²) in [6, 6.07) is 8.33. The van der Waals surface area contributed by atoms with Crippen molar-refractivity contribution in [3.8, 4) is 5.75 Å². The lowest BCUT2D eigenvalue weighted by atomic mass is 10.2. The summed E-state index contributed by atoms with van der Waals surface area (Å²) in [5.74, 6) is 0.964. The summed E-state index contributed by atoms with van der Waals surface area (Å²) in [5.41, 5.74) is 0.794. The van der Waals surface area contributed by atoms with Gasteiger partial charge in [-0.2, -0.15) is 0 Å². The first-order valence-corrected chi connectivity index (χ1v) is 8.91. The predicted molar refractivity (Wildman–Crippen MR) is 102 cm³/mol. The zero-order valence-electron chi connectivity index (χ0n) is 15.4. The average Bonchev–Trinajstić information content (AvgIpc) is 3.15. The highest BCUT2D eigenvalue weighted by Gasteiger charge is 2.16. The maximum Gasteiger partial charge on any atom is 0.287 e. The topological polar surface area (TPSA) is 110 Å². The Hall–Kier alpha value is -3.33. The molecule has 1 aliphatic heterocycles. The molecule has 0 radical (unpaired) electrons. The Kier molecular flexibility index (Phi) is 4.98. The molecule has 3 heterocycles. The zero-order chi connectivity index (χ0) is 19.5. The van der Waals surface area contributed by atoms with E-state index in [0.29, 0.717) is 49.3 Å². The molecule has 3 aromatic rings. The fourth-order valence-corrected chi connectivity index (χ4v) is 3.03. The molecule has 28 heavy (non-hydrogen) atoms. The normalized spacial score (nSPS) is 14.2. The lowest BCUT2D eigenvalue weighted by molar-refractivity contribution is 0.0925. The number of rotatable bonds is 5. The molecular formula is C19H20N4O5. The monoisotopic (exact) mass is 384 g/mol. The van der Waals surface area contributed by atoms with Gasteiger partial charge in [-0.1, -0.05) is 0 Å². The van der Waals surface area contributed by atoms with Crippen LogP contribution in [0.4, 0.5) is 5.95 Å². The van der Waals surface area contributed by atoms with Gasteiger partial charge in [0.1, 0.15) is 11.3 Å². The molecule has 0 spiro atoms. The molecule has 0 aliphatic carbocycles. The minimum Gasteiger partial charge on any atom is -0.497 e. The molecule has 1 amide bonds. The first-order valence-electron chi connectivity index (χ1n) is 8.91. The van der Waals surface area contributed by atoms with Crippen molar-refractivity contribution in [2.24, 2.45) is 0 Å². The van der Waals surface area contributed by atoms with Crippen LogP contribution < -0.4 is 20.5 Å². The number of fused-ring (bicyclic) bond motifs is 1. The summed E-state index contributed by atoms with van der Waals surface area (Å²) >= 11 is 0. The first-order chi connectivity index (χ1) is 13.6. The number of benzene rings is 1. The number of morpholine rings is 1. The molecule has 2 aromatic heterocycles. The Bertz CT molecular complexity index is 1050. The van der Waals surface area contributed by atoms with Crippen LogP contribution in [0.5, 0.6) is 5.75 Å². The highest BCUT2D eigenvalue weighted by Crippen LogP contribution is 2.24. The molecule has 1 saturated heterocycles. The summed E-state index contributed by atoms with van der Waals surface area (Å²) in [6.07, 6.45) is 0. The maximum atomic E-state index is 12.4. The lowest BCUT2D eigenvalue weighted by Gasteiger charge is -2.27. The van der Waals surface area contributed by atoms with Crippen LogP contribution in [-0.4, -0.2) is 49.3 Å². The van der Waals surface area contributed by atoms with Crippen molar-refractivity contribution in [1.82, 2.24) is 15.3 Å². The number of methoxy groups -OCH3 is 1. The third-order valence-corrected chi connectivity index (χ3v) is 4.47. The smallest absolute Gasteiger partial charge is 0.287 e. The van der Waals surface area contributed by atoms with E-state index in [-0.39, 0.29) is 23.8 Å². The van der Waals surface area contributed by atoms with E-state index in [4.69, 9.17) is 13.9 Å². The van der Waals surface area contributed by atoms with Gasteiger partial charge < -0.3 is 24.1 Å². The molecule has 1 aliphatic rings. The summed E-state index contributed by atoms with van der Waals surface area (Å²) in [4.78, 5) is 33.5. The molecule has 0 bridgehead atoms. The molecule has 0 unspecified atom stereocenters. The number of nitrogens with one attached hydrogen (secondary N) is 2. The van der Waals surface area contributed by atoms with E-state index in [2.05, 4.69) is 15.3 Å². The number of H-pyrrole nitrogens is 1. The number of hydrogen-bond acceptors (Lipinski definition) is 7. The van der Waals surface area contributed by atoms with E-state index in [9.17, 15) is 9.59 Å². The molecule has 4 rings (SSSR count). The number of anilines is 1. The molecular weight excluding hydrogens is 364 g/mol. The largest absolute Gasteiger partial charge is 0.497 e. The van der Waals surface area contributed by atoms with Crippen molar-refractivity contribution < 1.29 is 18.7 Å². The molecule has 1 aromatic carbocycles. The van der Waals surface area contributed by atoms with Crippen LogP contribution in [0.25, 0.3) is 11.0 Å². The minimum atomic E-state index is -0.384. The van der Waals surface area contributed by atoms with E-state index in [1.807, 2.05) is 4.90 Å². The Balaban J connectivity index is 1.47. The highest BCUT2D eigenvalue weighted by atomic mass is 16.5. The van der Waals surface area contributed by atoms with Crippen molar-refractivity contribution in [2.75, 3.05) is 38.3 Å². The number of aromatic nitrogens is 2. The second-order valence-corrected chi connectivity index (χ2v) is 6.36. The molecule has 2 N–H and O–H groups in total. The summed E-state index contributed by atoms with van der Waals surface area (Å²) < 4.78 is 16.1. The highest BCUT2D eigenvalue weighted by molar-refractivity contribution is 5.96. The van der Waals surface area contributed by atoms with Crippen LogP contribution >= 0.6 is 0 Å². The number of ether oxygens (including phenoxy) is 2. The number of hydrogen-bond donors (Lipinski definition) is 2. The molecule has 146 valence electrons. The van der Waals surface area contributed by atoms with Gasteiger partial charge in [-0.15, -0.1) is 0 Å². The van der Waals surface area contributed by atoms with Gasteiger partial charge in [-0.25, -0.2) is 4.98 Å². The number of carbonyl (C=O) groups is 1. The standard InChI is InChI=1S/C19H20N4O5/c1-26-14-2-3-15-12(8-14)9-16(28-15)18(25)20-11-13-10-17(24)22-19(21-13)23-4-6-27-7-5-23/h2-3,8-10H,4-7,11H2,1H3,(H,20,25)(H,21,22,24). The van der Waals surface area contributed by atoms with Crippen molar-refractivity contribution in [1.29, 1.82) is 0 Å². The van der Waals surface area contributed by atoms with E-state index >= 15 is 0 Å². The fraction of sp³-hybridized carbons (Fsp3) is 0.316. The Morgan fingerprint density at radius 3 is 2.89 bits per heavy atom. The molecule has 1 fully saturated rings. The zero-order valence-corrected chi connectivity index (χ0v) is 15.4. The number of furan rings is 1. The van der Waals surface area contributed by atoms with E-state index in [1.54, 1.807) is 31.4 Å². The van der Waals surface area contributed by atoms with E-state index in [1.165, 1.54) is 6.07 Å². The van der Waals surface area contributed by atoms with Gasteiger partial charge in [0.05, 0.1) is 32.6 Å². The predicted octanol–water partition coefficient (Wildman–Crippen LogP) is 1.29. The number of carbonyl (C=O) groups excluding carboxylic acids is 1. The number of nitrogens with zero attached hydrogens (tertiary/aromatic N) is 2. The van der Waals surface area contributed by atoms with Gasteiger partial charge in [-0.3, -0.25) is 14.6 Å². The van der Waals surface area contributed by atoms with Gasteiger partial charge >= 0.3 is 0 Å². The summed E-state index contributed by atoms with van der Waals surface area (Å²) in [6.45, 7) is 2.59. The Morgan fingerprint density at radius 1 is 1.29 bits per heavy atom. The van der Waals surface area contributed by atoms with Gasteiger partial charge in [0, 0.05) is 24.5 Å². The second-order valence-electron chi connectivity index (χ2n) is 6.36. The van der Waals surface area contributed by atoms with Crippen molar-refractivity contribution in [2.45, 2.75) is 6.54 Å². The van der Waals surface area contributed by atoms with Gasteiger partial charge in [0.15, 0.2) is 5.76 Å². The third-order valence-electron chi connectivity index (χ3n) is 4.47. The summed E-state index contributed by atoms with van der Waals surface area (Å²) in [7, 11) is 1.58. The number of aromatic amines is 1. The van der Waals surface area contributed by atoms with Crippen molar-refractivity contribution >= 4 is 22.8 Å². The minimum absolute atomic E-state index is 0.112. The van der Waals surface area contributed by atoms with Gasteiger partial charge in [0.2, 0.25) is 5.95 Å². The van der Waals surface area contributed by atoms with Crippen LogP contribution in [0.15, 0.2) is 39.5 Å². The number of amides is 1. The van der Waals surface area contributed by atoms with E-state index < -0.39 is 0 Å². The van der Waals surface area contributed by atoms with Crippen molar-refractivity contribution in [3.05, 3.63) is 52.1 Å². The maximum absolute atomic E-state index is 12.4. The van der Waals surface area contributed by atoms with Crippen LogP contribution in [0.3, 0.4) is 0 Å². The average molecular weight is 384 g/mol. The van der Waals surface area contributed by atoms with Crippen LogP contribution in [0.2, 0.25) is 0 Å². The molecule has 0 saturated carbocycles. The lowest BCUT2D eigenvalue weighted by Crippen LogP contribution is -2.38. The summed E-state index contributed by atoms with van der Waals surface area (Å²) in [5, 5.41) is 3.51. The molecule has 9 nitrogen and oxygen atoms in total. The van der Waals surface area contributed by atoms with Crippen molar-refractivity contribution in [3.63, 3.8) is 0 Å². The quantitative estimate of drug-likeness (QED) is 0.682. The Labute approximate surface area is 160 Å². The van der Waals surface area contributed by atoms with Gasteiger partial charge in [0.25, 0.3) is 11.5 Å². The SMILES string of the molecule is COc1ccc2oc(C(=O)NCc3cc(=O)[nH]c(N4CCOCC4)n3)cc2c1. The Morgan fingerprint density at radius 2 is 2.11 bits per heavy atom. The van der Waals surface area contributed by atoms with Gasteiger partial charge in [-0.05, 0) is 24.3 Å². The first kappa shape index (κ1) is 18.1. The third kappa shape index (κ3) is 3.84. The molecule has 0 atom stereocenters. The van der Waals surface area contributed by atoms with Crippen LogP contribution in [-0.2, 0) is 11.3 Å².